The van der Waals surface area contributed by atoms with Gasteiger partial charge in [-0.25, -0.2) is 9.63 Å². The van der Waals surface area contributed by atoms with Crippen LogP contribution >= 0.6 is 0 Å². The Morgan fingerprint density at radius 3 is 2.45 bits per heavy atom. The highest BCUT2D eigenvalue weighted by Crippen LogP contribution is 2.26. The molecule has 0 fully saturated rings. The summed E-state index contributed by atoms with van der Waals surface area (Å²) in [5.74, 6) is 0.217. The molecule has 0 aromatic heterocycles. The van der Waals surface area contributed by atoms with Crippen LogP contribution < -0.4 is 10.2 Å². The fourth-order valence-electron chi connectivity index (χ4n) is 1.66. The van der Waals surface area contributed by atoms with Gasteiger partial charge in [-0.1, -0.05) is 0 Å². The van der Waals surface area contributed by atoms with E-state index >= 15 is 0 Å². The lowest BCUT2D eigenvalue weighted by Crippen LogP contribution is -2.76. The maximum Gasteiger partial charge on any atom is 0.338 e. The lowest BCUT2D eigenvalue weighted by Gasteiger charge is -2.11. The second-order valence-electron chi connectivity index (χ2n) is 4.31. The van der Waals surface area contributed by atoms with Gasteiger partial charge in [0.15, 0.2) is 5.75 Å². The first-order valence-corrected chi connectivity index (χ1v) is 6.04. The van der Waals surface area contributed by atoms with Crippen molar-refractivity contribution in [2.24, 2.45) is 0 Å². The molecular formula is C14H21N2O4+. The Morgan fingerprint density at radius 1 is 1.25 bits per heavy atom. The van der Waals surface area contributed by atoms with Crippen LogP contribution in [0.4, 0.5) is 5.69 Å². The van der Waals surface area contributed by atoms with Crippen LogP contribution in [0.2, 0.25) is 0 Å². The molecule has 0 saturated heterocycles. The molecule has 0 aliphatic rings. The van der Waals surface area contributed by atoms with Crippen molar-refractivity contribution in [3.05, 3.63) is 29.5 Å². The van der Waals surface area contributed by atoms with Crippen molar-refractivity contribution < 1.29 is 24.6 Å². The molecule has 0 aliphatic heterocycles. The summed E-state index contributed by atoms with van der Waals surface area (Å²) in [5.41, 5.74) is 3.37. The minimum atomic E-state index is -0.406. The second kappa shape index (κ2) is 7.52. The molecule has 6 nitrogen and oxygen atoms in total. The minimum Gasteiger partial charge on any atom is -0.491 e. The zero-order valence-corrected chi connectivity index (χ0v) is 12.5. The number of rotatable bonds is 6. The summed E-state index contributed by atoms with van der Waals surface area (Å²) in [4.78, 5) is 18.7. The van der Waals surface area contributed by atoms with E-state index in [0.29, 0.717) is 17.0 Å². The van der Waals surface area contributed by atoms with E-state index in [0.717, 1.165) is 5.56 Å². The Kier molecular flexibility index (Phi) is 6.02. The number of quaternary nitrogens is 1. The van der Waals surface area contributed by atoms with E-state index in [1.54, 1.807) is 19.2 Å². The van der Waals surface area contributed by atoms with Crippen LogP contribution in [0.15, 0.2) is 18.3 Å². The Labute approximate surface area is 118 Å². The van der Waals surface area contributed by atoms with E-state index in [4.69, 9.17) is 14.3 Å². The first-order valence-electron chi connectivity index (χ1n) is 6.04. The van der Waals surface area contributed by atoms with E-state index in [1.807, 2.05) is 31.3 Å². The van der Waals surface area contributed by atoms with Gasteiger partial charge in [0.2, 0.25) is 5.69 Å². The average Bonchev–Trinajstić information content (AvgIpc) is 2.44. The highest BCUT2D eigenvalue weighted by atomic mass is 16.6. The van der Waals surface area contributed by atoms with Crippen molar-refractivity contribution >= 4 is 17.7 Å². The molecule has 0 saturated carbocycles. The third-order valence-electron chi connectivity index (χ3n) is 2.60. The average molecular weight is 281 g/mol. The number of nitrogens with two attached hydrogens (primary N) is 1. The smallest absolute Gasteiger partial charge is 0.338 e. The lowest BCUT2D eigenvalue weighted by molar-refractivity contribution is -0.830. The third-order valence-corrected chi connectivity index (χ3v) is 2.60. The van der Waals surface area contributed by atoms with E-state index < -0.39 is 5.97 Å². The summed E-state index contributed by atoms with van der Waals surface area (Å²) in [7, 11) is 8.26. The topological polar surface area (TPSA) is 64.6 Å². The SMILES string of the molecule is CO[NH2+]c1cc(C(=O)OC)c(/C=C/N(C)C)cc1OC. The van der Waals surface area contributed by atoms with Gasteiger partial charge in [-0.05, 0) is 23.9 Å². The van der Waals surface area contributed by atoms with Gasteiger partial charge >= 0.3 is 5.97 Å². The Balaban J connectivity index is 3.34. The molecule has 0 atom stereocenters. The quantitative estimate of drug-likeness (QED) is 0.474. The molecule has 0 radical (unpaired) electrons. The molecule has 0 unspecified atom stereocenters. The molecule has 110 valence electrons. The number of nitrogens with zero attached hydrogens (tertiary/aromatic N) is 1. The highest BCUT2D eigenvalue weighted by molar-refractivity contribution is 5.95. The first kappa shape index (κ1) is 16.0. The van der Waals surface area contributed by atoms with Crippen molar-refractivity contribution in [2.75, 3.05) is 35.4 Å². The van der Waals surface area contributed by atoms with E-state index in [2.05, 4.69) is 0 Å². The maximum absolute atomic E-state index is 11.9. The van der Waals surface area contributed by atoms with Crippen molar-refractivity contribution in [1.82, 2.24) is 4.90 Å². The summed E-state index contributed by atoms with van der Waals surface area (Å²) in [5, 5.41) is 0. The third kappa shape index (κ3) is 3.97. The number of benzene rings is 1. The van der Waals surface area contributed by atoms with Crippen LogP contribution in [0.3, 0.4) is 0 Å². The van der Waals surface area contributed by atoms with Crippen LogP contribution in [0, 0.1) is 0 Å². The standard InChI is InChI=1S/C14H20N2O4/c1-16(2)7-6-10-8-13(18-3)12(15-20-5)9-11(10)14(17)19-4/h6-9,15H,1-5H3/p+1/b7-6+. The molecule has 0 bridgehead atoms. The van der Waals surface area contributed by atoms with Gasteiger partial charge in [0.05, 0.1) is 26.9 Å². The number of methoxy groups -OCH3 is 2. The Bertz CT molecular complexity index is 498. The summed E-state index contributed by atoms with van der Waals surface area (Å²) >= 11 is 0. The van der Waals surface area contributed by atoms with Crippen molar-refractivity contribution in [3.63, 3.8) is 0 Å². The zero-order valence-electron chi connectivity index (χ0n) is 12.5. The zero-order chi connectivity index (χ0) is 15.1. The van der Waals surface area contributed by atoms with Crippen molar-refractivity contribution in [2.45, 2.75) is 0 Å². The summed E-state index contributed by atoms with van der Waals surface area (Å²) in [6.07, 6.45) is 3.67. The molecular weight excluding hydrogens is 260 g/mol. The van der Waals surface area contributed by atoms with Crippen molar-refractivity contribution in [1.29, 1.82) is 0 Å². The molecule has 1 aromatic rings. The largest absolute Gasteiger partial charge is 0.491 e. The summed E-state index contributed by atoms with van der Waals surface area (Å²) in [6, 6.07) is 3.46. The van der Waals surface area contributed by atoms with Crippen molar-refractivity contribution in [3.8, 4) is 5.75 Å². The fraction of sp³-hybridized carbons (Fsp3) is 0.357. The maximum atomic E-state index is 11.9. The number of carbonyl (C=O) groups is 1. The predicted octanol–water partition coefficient (Wildman–Crippen LogP) is 0.770. The van der Waals surface area contributed by atoms with Crippen LogP contribution in [-0.2, 0) is 9.57 Å². The van der Waals surface area contributed by atoms with E-state index in [-0.39, 0.29) is 0 Å². The molecule has 0 amide bonds. The molecule has 20 heavy (non-hydrogen) atoms. The summed E-state index contributed by atoms with van der Waals surface area (Å²) in [6.45, 7) is 0. The lowest BCUT2D eigenvalue weighted by atomic mass is 10.1. The molecule has 0 spiro atoms. The molecule has 6 heteroatoms. The van der Waals surface area contributed by atoms with Gasteiger partial charge < -0.3 is 14.4 Å². The normalized spacial score (nSPS) is 10.7. The van der Waals surface area contributed by atoms with Gasteiger partial charge in [0.25, 0.3) is 0 Å². The first-order chi connectivity index (χ1) is 9.53. The number of hydrogen-bond acceptors (Lipinski definition) is 5. The van der Waals surface area contributed by atoms with E-state index in [1.165, 1.54) is 19.7 Å². The molecule has 0 heterocycles. The number of hydrogen-bond donors (Lipinski definition) is 1. The van der Waals surface area contributed by atoms with Crippen LogP contribution in [0.5, 0.6) is 5.75 Å². The molecule has 1 rings (SSSR count). The van der Waals surface area contributed by atoms with Gasteiger partial charge in [0.1, 0.15) is 0 Å². The Morgan fingerprint density at radius 2 is 1.95 bits per heavy atom. The monoisotopic (exact) mass is 281 g/mol. The molecule has 1 aromatic carbocycles. The van der Waals surface area contributed by atoms with Gasteiger partial charge in [-0.15, -0.1) is 0 Å². The fourth-order valence-corrected chi connectivity index (χ4v) is 1.66. The van der Waals surface area contributed by atoms with Crippen LogP contribution in [0.1, 0.15) is 15.9 Å². The number of esters is 1. The second-order valence-corrected chi connectivity index (χ2v) is 4.31. The summed E-state index contributed by atoms with van der Waals surface area (Å²) < 4.78 is 10.1. The van der Waals surface area contributed by atoms with E-state index in [9.17, 15) is 4.79 Å². The molecule has 2 N–H and O–H groups in total. The number of ether oxygens (including phenoxy) is 2. The van der Waals surface area contributed by atoms with Crippen LogP contribution in [0.25, 0.3) is 6.08 Å². The van der Waals surface area contributed by atoms with Crippen LogP contribution in [-0.4, -0.2) is 46.3 Å². The Hall–Kier alpha value is -2.05. The van der Waals surface area contributed by atoms with Gasteiger partial charge in [-0.3, -0.25) is 0 Å². The predicted molar refractivity (Wildman–Crippen MR) is 75.6 cm³/mol. The molecule has 0 aliphatic carbocycles. The number of carbonyl (C=O) groups excluding carboxylic acids is 1. The van der Waals surface area contributed by atoms with Gasteiger partial charge in [-0.2, -0.15) is 5.48 Å². The van der Waals surface area contributed by atoms with Gasteiger partial charge in [0, 0.05) is 20.2 Å². The highest BCUT2D eigenvalue weighted by Gasteiger charge is 2.18. The minimum absolute atomic E-state index is 0.406.